The van der Waals surface area contributed by atoms with Gasteiger partial charge in [0, 0.05) is 13.7 Å². The van der Waals surface area contributed by atoms with Crippen molar-refractivity contribution in [1.29, 1.82) is 0 Å². The van der Waals surface area contributed by atoms with Gasteiger partial charge in [0.15, 0.2) is 11.3 Å². The molecule has 0 aromatic rings. The quantitative estimate of drug-likeness (QED) is 0.662. The van der Waals surface area contributed by atoms with Crippen molar-refractivity contribution in [3.05, 3.63) is 0 Å². The van der Waals surface area contributed by atoms with Crippen LogP contribution >= 0.6 is 11.8 Å². The molecular formula is C10H17FN2O3S. The van der Waals surface area contributed by atoms with E-state index < -0.39 is 24.4 Å². The topological polar surface area (TPSA) is 74.1 Å². The lowest BCUT2D eigenvalue weighted by atomic mass is 9.96. The molecule has 0 unspecified atom stereocenters. The number of aliphatic imine (C=N–C) groups is 1. The molecule has 2 aliphatic heterocycles. The molecule has 1 fully saturated rings. The molecule has 1 saturated heterocycles. The lowest BCUT2D eigenvalue weighted by Gasteiger charge is -2.37. The number of halogens is 1. The van der Waals surface area contributed by atoms with Gasteiger partial charge in [-0.3, -0.25) is 4.99 Å². The van der Waals surface area contributed by atoms with E-state index in [2.05, 4.69) is 10.3 Å². The van der Waals surface area contributed by atoms with Gasteiger partial charge in [-0.25, -0.2) is 4.39 Å². The minimum absolute atomic E-state index is 0.0169. The zero-order valence-corrected chi connectivity index (χ0v) is 10.4. The average molecular weight is 264 g/mol. The van der Waals surface area contributed by atoms with E-state index in [1.165, 1.54) is 11.8 Å². The third-order valence-corrected chi connectivity index (χ3v) is 4.13. The van der Waals surface area contributed by atoms with Gasteiger partial charge in [-0.1, -0.05) is 11.8 Å². The maximum Gasteiger partial charge on any atom is 0.159 e. The third-order valence-electron chi connectivity index (χ3n) is 2.98. The minimum atomic E-state index is -1.41. The molecule has 2 aliphatic rings. The van der Waals surface area contributed by atoms with Crippen molar-refractivity contribution in [3.8, 4) is 0 Å². The van der Waals surface area contributed by atoms with Gasteiger partial charge in [0.05, 0.1) is 6.10 Å². The number of thioether (sulfide) groups is 1. The van der Waals surface area contributed by atoms with Crippen molar-refractivity contribution < 1.29 is 19.3 Å². The second-order valence-electron chi connectivity index (χ2n) is 4.14. The fourth-order valence-corrected chi connectivity index (χ4v) is 3.12. The zero-order valence-electron chi connectivity index (χ0n) is 9.54. The van der Waals surface area contributed by atoms with Crippen LogP contribution in [0.25, 0.3) is 0 Å². The lowest BCUT2D eigenvalue weighted by Crippen LogP contribution is -2.52. The summed E-state index contributed by atoms with van der Waals surface area (Å²) in [6.07, 6.45) is -2.18. The maximum absolute atomic E-state index is 14.0. The van der Waals surface area contributed by atoms with Crippen molar-refractivity contribution in [3.63, 3.8) is 0 Å². The van der Waals surface area contributed by atoms with Gasteiger partial charge in [0.2, 0.25) is 0 Å². The average Bonchev–Trinajstić information content (AvgIpc) is 2.75. The predicted octanol–water partition coefficient (Wildman–Crippen LogP) is -0.126. The van der Waals surface area contributed by atoms with Crippen molar-refractivity contribution >= 4 is 16.9 Å². The molecule has 0 spiro atoms. The molecule has 5 atom stereocenters. The highest BCUT2D eigenvalue weighted by atomic mass is 32.2. The van der Waals surface area contributed by atoms with Crippen LogP contribution in [-0.4, -0.2) is 58.9 Å². The van der Waals surface area contributed by atoms with Crippen molar-refractivity contribution in [1.82, 2.24) is 5.32 Å². The van der Waals surface area contributed by atoms with Crippen LogP contribution < -0.4 is 5.32 Å². The standard InChI is InChI=1S/C10H17FN2O3S/c1-12-10-13-7-6(11)8(15)5(3-2-4-14)16-9(7)17-10/h5-9,14-15H,2-4H2,1H3,(H,12,13)/t5-,6+,7-,8-,9-/m1/s1. The van der Waals surface area contributed by atoms with E-state index in [0.717, 1.165) is 0 Å². The van der Waals surface area contributed by atoms with E-state index in [9.17, 15) is 9.50 Å². The Morgan fingerprint density at radius 2 is 2.35 bits per heavy atom. The number of fused-ring (bicyclic) bond motifs is 1. The Morgan fingerprint density at radius 1 is 1.59 bits per heavy atom. The Morgan fingerprint density at radius 3 is 3.00 bits per heavy atom. The third kappa shape index (κ3) is 2.57. The van der Waals surface area contributed by atoms with Crippen molar-refractivity contribution in [2.45, 2.75) is 42.7 Å². The van der Waals surface area contributed by atoms with Gasteiger partial charge in [0.1, 0.15) is 17.6 Å². The van der Waals surface area contributed by atoms with E-state index in [4.69, 9.17) is 9.84 Å². The Hall–Kier alpha value is -0.370. The number of aliphatic hydroxyl groups excluding tert-OH is 2. The first-order valence-electron chi connectivity index (χ1n) is 5.68. The van der Waals surface area contributed by atoms with Crippen LogP contribution in [0.2, 0.25) is 0 Å². The number of aliphatic hydroxyl groups is 2. The van der Waals surface area contributed by atoms with E-state index in [1.807, 2.05) is 0 Å². The number of nitrogens with zero attached hydrogens (tertiary/aromatic N) is 1. The monoisotopic (exact) mass is 264 g/mol. The number of alkyl halides is 1. The molecular weight excluding hydrogens is 247 g/mol. The van der Waals surface area contributed by atoms with E-state index in [0.29, 0.717) is 18.0 Å². The molecule has 0 aromatic carbocycles. The van der Waals surface area contributed by atoms with Crippen LogP contribution in [-0.2, 0) is 4.74 Å². The molecule has 7 heteroatoms. The molecule has 2 rings (SSSR count). The first-order valence-corrected chi connectivity index (χ1v) is 6.56. The number of nitrogens with one attached hydrogen (secondary N) is 1. The van der Waals surface area contributed by atoms with Crippen LogP contribution in [0.1, 0.15) is 12.8 Å². The van der Waals surface area contributed by atoms with E-state index in [-0.39, 0.29) is 12.0 Å². The van der Waals surface area contributed by atoms with Crippen molar-refractivity contribution in [2.24, 2.45) is 4.99 Å². The molecule has 0 amide bonds. The van der Waals surface area contributed by atoms with Crippen LogP contribution in [0.4, 0.5) is 4.39 Å². The number of hydrogen-bond acceptors (Lipinski definition) is 6. The maximum atomic E-state index is 14.0. The SMILES string of the molecule is CNC1=N[C@@H]2[C@H](F)[C@H](O)[C@@H](CCCO)O[C@@H]2S1. The molecule has 17 heavy (non-hydrogen) atoms. The summed E-state index contributed by atoms with van der Waals surface area (Å²) in [5.74, 6) is 0. The Kier molecular flexibility index (Phi) is 4.24. The predicted molar refractivity (Wildman–Crippen MR) is 63.8 cm³/mol. The van der Waals surface area contributed by atoms with Crippen LogP contribution in [0.3, 0.4) is 0 Å². The normalized spacial score (nSPS) is 40.9. The highest BCUT2D eigenvalue weighted by molar-refractivity contribution is 8.14. The molecule has 0 bridgehead atoms. The van der Waals surface area contributed by atoms with Crippen LogP contribution in [0.15, 0.2) is 4.99 Å². The Labute approximate surface area is 103 Å². The van der Waals surface area contributed by atoms with Gasteiger partial charge in [-0.15, -0.1) is 0 Å². The molecule has 5 nitrogen and oxygen atoms in total. The summed E-state index contributed by atoms with van der Waals surface area (Å²) in [7, 11) is 1.72. The molecule has 0 aliphatic carbocycles. The molecule has 2 heterocycles. The highest BCUT2D eigenvalue weighted by Gasteiger charge is 2.48. The molecule has 3 N–H and O–H groups in total. The second-order valence-corrected chi connectivity index (χ2v) is 5.22. The zero-order chi connectivity index (χ0) is 12.4. The first-order chi connectivity index (χ1) is 8.17. The number of amidine groups is 1. The Bertz CT molecular complexity index is 305. The molecule has 0 radical (unpaired) electrons. The summed E-state index contributed by atoms with van der Waals surface area (Å²) >= 11 is 1.34. The van der Waals surface area contributed by atoms with Gasteiger partial charge < -0.3 is 20.3 Å². The van der Waals surface area contributed by atoms with Gasteiger partial charge in [0.25, 0.3) is 0 Å². The Balaban J connectivity index is 2.02. The minimum Gasteiger partial charge on any atom is -0.396 e. The van der Waals surface area contributed by atoms with Crippen LogP contribution in [0.5, 0.6) is 0 Å². The highest BCUT2D eigenvalue weighted by Crippen LogP contribution is 2.37. The first kappa shape index (κ1) is 13.1. The summed E-state index contributed by atoms with van der Waals surface area (Å²) in [6, 6.07) is -0.636. The van der Waals surface area contributed by atoms with Gasteiger partial charge in [-0.2, -0.15) is 0 Å². The second kappa shape index (κ2) is 5.51. The number of hydrogen-bond donors (Lipinski definition) is 3. The van der Waals surface area contributed by atoms with Crippen molar-refractivity contribution in [2.75, 3.05) is 13.7 Å². The van der Waals surface area contributed by atoms with E-state index in [1.54, 1.807) is 7.05 Å². The van der Waals surface area contributed by atoms with Crippen LogP contribution in [0, 0.1) is 0 Å². The lowest BCUT2D eigenvalue weighted by molar-refractivity contribution is -0.134. The van der Waals surface area contributed by atoms with Gasteiger partial charge >= 0.3 is 0 Å². The fraction of sp³-hybridized carbons (Fsp3) is 0.900. The molecule has 0 saturated carbocycles. The fourth-order valence-electron chi connectivity index (χ4n) is 2.05. The molecule has 98 valence electrons. The van der Waals surface area contributed by atoms with E-state index >= 15 is 0 Å². The molecule has 0 aromatic heterocycles. The summed E-state index contributed by atoms with van der Waals surface area (Å²) < 4.78 is 19.6. The summed E-state index contributed by atoms with van der Waals surface area (Å²) in [5.41, 5.74) is -0.375. The number of ether oxygens (including phenoxy) is 1. The summed E-state index contributed by atoms with van der Waals surface area (Å²) in [5, 5.41) is 22.0. The summed E-state index contributed by atoms with van der Waals surface area (Å²) in [4.78, 5) is 4.13. The smallest absolute Gasteiger partial charge is 0.159 e. The van der Waals surface area contributed by atoms with Gasteiger partial charge in [-0.05, 0) is 12.8 Å². The largest absolute Gasteiger partial charge is 0.396 e. The summed E-state index contributed by atoms with van der Waals surface area (Å²) in [6.45, 7) is 0.0169. The number of rotatable bonds is 3.